The maximum absolute atomic E-state index is 10.5. The summed E-state index contributed by atoms with van der Waals surface area (Å²) in [6.07, 6.45) is 2.57. The van der Waals surface area contributed by atoms with Crippen LogP contribution in [0, 0.1) is 5.41 Å². The van der Waals surface area contributed by atoms with E-state index in [9.17, 15) is 4.79 Å². The molecule has 0 aliphatic carbocycles. The van der Waals surface area contributed by atoms with E-state index in [2.05, 4.69) is 6.58 Å². The lowest BCUT2D eigenvalue weighted by molar-refractivity contribution is -0.124. The van der Waals surface area contributed by atoms with Crippen LogP contribution >= 0.6 is 0 Å². The molecule has 0 aliphatic rings. The smallest absolute Gasteiger partial charge is 0.224 e. The molecule has 0 fully saturated rings. The maximum atomic E-state index is 10.5. The minimum atomic E-state index is -0.134. The predicted octanol–water partition coefficient (Wildman–Crippen LogP) is 0.628. The van der Waals surface area contributed by atoms with Gasteiger partial charge in [0.05, 0.1) is 6.34 Å². The summed E-state index contributed by atoms with van der Waals surface area (Å²) in [6, 6.07) is 0. The topological polar surface area (TPSA) is 44.2 Å². The second kappa shape index (κ2) is 3.83. The highest BCUT2D eigenvalue weighted by atomic mass is 16.2. The normalized spacial score (nSPS) is 8.11. The molecular weight excluding hydrogens is 116 g/mol. The van der Waals surface area contributed by atoms with Gasteiger partial charge in [-0.25, -0.2) is 0 Å². The molecule has 0 saturated heterocycles. The standard InChI is InChI=1S/C6H10N2O/c1-3-4-8(5-7)6(2)9/h3,5,7H,1,4H2,2H3. The van der Waals surface area contributed by atoms with Gasteiger partial charge in [0.1, 0.15) is 0 Å². The molecule has 0 spiro atoms. The minimum absolute atomic E-state index is 0.134. The highest BCUT2D eigenvalue weighted by molar-refractivity contribution is 5.84. The Bertz CT molecular complexity index is 131. The molecule has 0 aliphatic heterocycles. The zero-order valence-corrected chi connectivity index (χ0v) is 5.42. The fraction of sp³-hybridized carbons (Fsp3) is 0.333. The molecular formula is C6H10N2O. The van der Waals surface area contributed by atoms with Crippen molar-refractivity contribution in [1.82, 2.24) is 4.90 Å². The first kappa shape index (κ1) is 7.88. The van der Waals surface area contributed by atoms with Gasteiger partial charge < -0.3 is 0 Å². The summed E-state index contributed by atoms with van der Waals surface area (Å²) in [5, 5.41) is 6.73. The van der Waals surface area contributed by atoms with Gasteiger partial charge >= 0.3 is 0 Å². The Labute approximate surface area is 54.5 Å². The van der Waals surface area contributed by atoms with Crippen LogP contribution in [-0.4, -0.2) is 23.7 Å². The average molecular weight is 126 g/mol. The summed E-state index contributed by atoms with van der Waals surface area (Å²) in [4.78, 5) is 11.7. The van der Waals surface area contributed by atoms with E-state index in [0.717, 1.165) is 6.34 Å². The fourth-order valence-corrected chi connectivity index (χ4v) is 0.411. The van der Waals surface area contributed by atoms with Gasteiger partial charge in [0, 0.05) is 13.5 Å². The van der Waals surface area contributed by atoms with Gasteiger partial charge in [-0.2, -0.15) is 0 Å². The number of rotatable bonds is 3. The van der Waals surface area contributed by atoms with Crippen molar-refractivity contribution in [3.8, 4) is 0 Å². The van der Waals surface area contributed by atoms with Crippen molar-refractivity contribution in [2.45, 2.75) is 6.92 Å². The van der Waals surface area contributed by atoms with E-state index >= 15 is 0 Å². The quantitative estimate of drug-likeness (QED) is 0.336. The van der Waals surface area contributed by atoms with Crippen molar-refractivity contribution in [1.29, 1.82) is 5.41 Å². The Balaban J connectivity index is 3.81. The summed E-state index contributed by atoms with van der Waals surface area (Å²) < 4.78 is 0. The van der Waals surface area contributed by atoms with Crippen LogP contribution < -0.4 is 0 Å². The maximum Gasteiger partial charge on any atom is 0.224 e. The molecule has 50 valence electrons. The molecule has 0 rings (SSSR count). The zero-order chi connectivity index (χ0) is 7.28. The third-order valence-corrected chi connectivity index (χ3v) is 0.886. The zero-order valence-electron chi connectivity index (χ0n) is 5.42. The Hall–Kier alpha value is -1.12. The molecule has 0 unspecified atom stereocenters. The molecule has 1 N–H and O–H groups in total. The number of carbonyl (C=O) groups is 1. The Morgan fingerprint density at radius 3 is 2.56 bits per heavy atom. The van der Waals surface area contributed by atoms with Gasteiger partial charge in [-0.05, 0) is 0 Å². The second-order valence-electron chi connectivity index (χ2n) is 1.59. The third kappa shape index (κ3) is 2.64. The molecule has 0 radical (unpaired) electrons. The highest BCUT2D eigenvalue weighted by Gasteiger charge is 1.99. The first-order valence-corrected chi connectivity index (χ1v) is 2.61. The average Bonchev–Trinajstić information content (AvgIpc) is 1.82. The lowest BCUT2D eigenvalue weighted by Gasteiger charge is -2.09. The van der Waals surface area contributed by atoms with Crippen LogP contribution in [0.15, 0.2) is 12.7 Å². The van der Waals surface area contributed by atoms with Crippen molar-refractivity contribution in [2.24, 2.45) is 0 Å². The molecule has 9 heavy (non-hydrogen) atoms. The van der Waals surface area contributed by atoms with E-state index < -0.39 is 0 Å². The first-order valence-electron chi connectivity index (χ1n) is 2.61. The number of hydrogen-bond donors (Lipinski definition) is 1. The van der Waals surface area contributed by atoms with Gasteiger partial charge in [0.15, 0.2) is 0 Å². The largest absolute Gasteiger partial charge is 0.300 e. The number of amides is 1. The van der Waals surface area contributed by atoms with E-state index in [1.54, 1.807) is 6.08 Å². The lowest BCUT2D eigenvalue weighted by Crippen LogP contribution is -2.26. The Kier molecular flexibility index (Phi) is 3.35. The van der Waals surface area contributed by atoms with Crippen LogP contribution in [0.2, 0.25) is 0 Å². The van der Waals surface area contributed by atoms with E-state index in [0.29, 0.717) is 6.54 Å². The minimum Gasteiger partial charge on any atom is -0.300 e. The summed E-state index contributed by atoms with van der Waals surface area (Å²) in [5.74, 6) is -0.134. The molecule has 0 saturated carbocycles. The Morgan fingerprint density at radius 1 is 1.89 bits per heavy atom. The third-order valence-electron chi connectivity index (χ3n) is 0.886. The number of hydrogen-bond acceptors (Lipinski definition) is 2. The van der Waals surface area contributed by atoms with Crippen molar-refractivity contribution < 1.29 is 4.79 Å². The Morgan fingerprint density at radius 2 is 2.44 bits per heavy atom. The van der Waals surface area contributed by atoms with Gasteiger partial charge in [-0.15, -0.1) is 6.58 Å². The SMILES string of the molecule is C=CCN(C=N)C(C)=O. The fourth-order valence-electron chi connectivity index (χ4n) is 0.411. The summed E-state index contributed by atoms with van der Waals surface area (Å²) in [6.45, 7) is 5.26. The van der Waals surface area contributed by atoms with Crippen molar-refractivity contribution in [3.05, 3.63) is 12.7 Å². The van der Waals surface area contributed by atoms with Crippen molar-refractivity contribution in [2.75, 3.05) is 6.54 Å². The van der Waals surface area contributed by atoms with E-state index in [1.807, 2.05) is 0 Å². The van der Waals surface area contributed by atoms with Crippen LogP contribution in [0.3, 0.4) is 0 Å². The second-order valence-corrected chi connectivity index (χ2v) is 1.59. The van der Waals surface area contributed by atoms with Crippen molar-refractivity contribution >= 4 is 12.2 Å². The highest BCUT2D eigenvalue weighted by Crippen LogP contribution is 1.82. The summed E-state index contributed by atoms with van der Waals surface area (Å²) in [5.41, 5.74) is 0. The van der Waals surface area contributed by atoms with Gasteiger partial charge in [-0.3, -0.25) is 15.1 Å². The predicted molar refractivity (Wildman–Crippen MR) is 36.4 cm³/mol. The van der Waals surface area contributed by atoms with Crippen LogP contribution in [0.1, 0.15) is 6.92 Å². The molecule has 0 atom stereocenters. The van der Waals surface area contributed by atoms with Crippen molar-refractivity contribution in [3.63, 3.8) is 0 Å². The number of nitrogens with zero attached hydrogens (tertiary/aromatic N) is 1. The van der Waals surface area contributed by atoms with Gasteiger partial charge in [0.2, 0.25) is 5.91 Å². The molecule has 3 heteroatoms. The van der Waals surface area contributed by atoms with E-state index in [1.165, 1.54) is 11.8 Å². The van der Waals surface area contributed by atoms with Crippen LogP contribution in [-0.2, 0) is 4.79 Å². The van der Waals surface area contributed by atoms with Crippen LogP contribution in [0.5, 0.6) is 0 Å². The molecule has 0 bridgehead atoms. The number of nitrogens with one attached hydrogen (secondary N) is 1. The molecule has 0 aromatic rings. The van der Waals surface area contributed by atoms with E-state index in [4.69, 9.17) is 5.41 Å². The van der Waals surface area contributed by atoms with E-state index in [-0.39, 0.29) is 5.91 Å². The first-order chi connectivity index (χ1) is 4.22. The van der Waals surface area contributed by atoms with Crippen LogP contribution in [0.4, 0.5) is 0 Å². The molecule has 3 nitrogen and oxygen atoms in total. The monoisotopic (exact) mass is 126 g/mol. The summed E-state index contributed by atoms with van der Waals surface area (Å²) >= 11 is 0. The number of carbonyl (C=O) groups excluding carboxylic acids is 1. The molecule has 0 aromatic heterocycles. The lowest BCUT2D eigenvalue weighted by atomic mass is 10.5. The summed E-state index contributed by atoms with van der Waals surface area (Å²) in [7, 11) is 0. The van der Waals surface area contributed by atoms with Gasteiger partial charge in [-0.1, -0.05) is 6.08 Å². The molecule has 1 amide bonds. The van der Waals surface area contributed by atoms with Crippen LogP contribution in [0.25, 0.3) is 0 Å². The molecule has 0 aromatic carbocycles. The molecule has 0 heterocycles. The van der Waals surface area contributed by atoms with Gasteiger partial charge in [0.25, 0.3) is 0 Å².